The molecular formula is C15H24. The van der Waals surface area contributed by atoms with Crippen molar-refractivity contribution in [3.8, 4) is 0 Å². The lowest BCUT2D eigenvalue weighted by molar-refractivity contribution is 0.0916. The molecule has 0 heterocycles. The molecule has 0 bridgehead atoms. The van der Waals surface area contributed by atoms with Crippen molar-refractivity contribution in [2.45, 2.75) is 33.6 Å². The largest absolute Gasteiger partial charge is 0.103 e. The molecule has 1 fully saturated rings. The van der Waals surface area contributed by atoms with Gasteiger partial charge >= 0.3 is 0 Å². The van der Waals surface area contributed by atoms with E-state index in [0.717, 1.165) is 23.7 Å². The quantitative estimate of drug-likeness (QED) is 0.559. The Morgan fingerprint density at radius 3 is 2.53 bits per heavy atom. The van der Waals surface area contributed by atoms with E-state index in [2.05, 4.69) is 45.6 Å². The lowest BCUT2D eigenvalue weighted by Gasteiger charge is -2.46. The van der Waals surface area contributed by atoms with Crippen LogP contribution < -0.4 is 0 Å². The van der Waals surface area contributed by atoms with Crippen molar-refractivity contribution in [2.75, 3.05) is 0 Å². The fourth-order valence-corrected chi connectivity index (χ4v) is 3.97. The smallest absolute Gasteiger partial charge is 0.0139 e. The van der Waals surface area contributed by atoms with Crippen molar-refractivity contribution in [1.29, 1.82) is 0 Å². The molecule has 0 nitrogen and oxygen atoms in total. The zero-order valence-corrected chi connectivity index (χ0v) is 10.3. The predicted octanol–water partition coefficient (Wildman–Crippen LogP) is 4.29. The van der Waals surface area contributed by atoms with Crippen molar-refractivity contribution in [1.82, 2.24) is 0 Å². The van der Waals surface area contributed by atoms with Crippen LogP contribution in [0, 0.1) is 35.5 Å². The van der Waals surface area contributed by atoms with Gasteiger partial charge in [-0.1, -0.05) is 39.0 Å². The molecule has 0 radical (unpaired) electrons. The summed E-state index contributed by atoms with van der Waals surface area (Å²) in [7, 11) is 0. The van der Waals surface area contributed by atoms with Crippen LogP contribution in [0.4, 0.5) is 0 Å². The maximum Gasteiger partial charge on any atom is -0.0139 e. The predicted molar refractivity (Wildman–Crippen MR) is 66.5 cm³/mol. The van der Waals surface area contributed by atoms with Gasteiger partial charge in [-0.2, -0.15) is 0 Å². The first-order chi connectivity index (χ1) is 7.13. The second-order valence-corrected chi connectivity index (χ2v) is 5.85. The van der Waals surface area contributed by atoms with Gasteiger partial charge in [-0.05, 0) is 48.3 Å². The van der Waals surface area contributed by atoms with Crippen LogP contribution in [0.25, 0.3) is 0 Å². The summed E-state index contributed by atoms with van der Waals surface area (Å²) in [6, 6.07) is 0. The summed E-state index contributed by atoms with van der Waals surface area (Å²) >= 11 is 0. The Morgan fingerprint density at radius 2 is 1.87 bits per heavy atom. The van der Waals surface area contributed by atoms with Crippen molar-refractivity contribution in [3.05, 3.63) is 24.8 Å². The van der Waals surface area contributed by atoms with Gasteiger partial charge in [0.05, 0.1) is 0 Å². The van der Waals surface area contributed by atoms with E-state index in [1.165, 1.54) is 12.8 Å². The van der Waals surface area contributed by atoms with Gasteiger partial charge in [-0.25, -0.2) is 0 Å². The summed E-state index contributed by atoms with van der Waals surface area (Å²) in [5, 5.41) is 0. The van der Waals surface area contributed by atoms with Crippen LogP contribution in [-0.4, -0.2) is 0 Å². The number of hydrogen-bond donors (Lipinski definition) is 0. The fourth-order valence-electron chi connectivity index (χ4n) is 3.97. The van der Waals surface area contributed by atoms with E-state index in [1.807, 2.05) is 0 Å². The maximum absolute atomic E-state index is 4.05. The molecule has 0 aromatic rings. The zero-order valence-electron chi connectivity index (χ0n) is 10.3. The minimum absolute atomic E-state index is 0.694. The molecular weight excluding hydrogens is 180 g/mol. The highest BCUT2D eigenvalue weighted by Gasteiger charge is 2.39. The van der Waals surface area contributed by atoms with E-state index >= 15 is 0 Å². The second-order valence-electron chi connectivity index (χ2n) is 5.85. The number of hydrogen-bond acceptors (Lipinski definition) is 0. The molecule has 0 aromatic carbocycles. The number of allylic oxidation sites excluding steroid dienone is 3. The third-order valence-corrected chi connectivity index (χ3v) is 4.59. The summed E-state index contributed by atoms with van der Waals surface area (Å²) in [5.74, 6) is 4.86. The van der Waals surface area contributed by atoms with Crippen LogP contribution in [0.5, 0.6) is 0 Å². The molecule has 84 valence electrons. The van der Waals surface area contributed by atoms with E-state index in [4.69, 9.17) is 0 Å². The Balaban J connectivity index is 2.24. The van der Waals surface area contributed by atoms with Crippen LogP contribution in [0.1, 0.15) is 33.6 Å². The van der Waals surface area contributed by atoms with Crippen molar-refractivity contribution >= 4 is 0 Å². The zero-order chi connectivity index (χ0) is 11.0. The second kappa shape index (κ2) is 4.15. The van der Waals surface area contributed by atoms with Gasteiger partial charge in [0.25, 0.3) is 0 Å². The third kappa shape index (κ3) is 1.91. The SMILES string of the molecule is C=C[C@@H]1[C@@H]2C(C=C[C@@H]1C)C[C@@H](C)C[C@H]2C. The minimum Gasteiger partial charge on any atom is -0.103 e. The Kier molecular flexibility index (Phi) is 3.04. The van der Waals surface area contributed by atoms with Crippen molar-refractivity contribution in [2.24, 2.45) is 35.5 Å². The Labute approximate surface area is 94.5 Å². The van der Waals surface area contributed by atoms with E-state index in [9.17, 15) is 0 Å². The van der Waals surface area contributed by atoms with Crippen molar-refractivity contribution in [3.63, 3.8) is 0 Å². The van der Waals surface area contributed by atoms with E-state index in [0.29, 0.717) is 11.8 Å². The van der Waals surface area contributed by atoms with Gasteiger partial charge in [0.1, 0.15) is 0 Å². The van der Waals surface area contributed by atoms with Gasteiger partial charge in [0, 0.05) is 0 Å². The molecule has 2 rings (SSSR count). The molecule has 0 amide bonds. The summed E-state index contributed by atoms with van der Waals surface area (Å²) < 4.78 is 0. The Bertz CT molecular complexity index is 263. The molecule has 6 atom stereocenters. The number of fused-ring (bicyclic) bond motifs is 1. The first-order valence-electron chi connectivity index (χ1n) is 6.44. The van der Waals surface area contributed by atoms with Crippen LogP contribution in [0.3, 0.4) is 0 Å². The van der Waals surface area contributed by atoms with Crippen LogP contribution >= 0.6 is 0 Å². The highest BCUT2D eigenvalue weighted by molar-refractivity contribution is 5.10. The highest BCUT2D eigenvalue weighted by atomic mass is 14.4. The molecule has 0 N–H and O–H groups in total. The monoisotopic (exact) mass is 204 g/mol. The molecule has 2 aliphatic rings. The molecule has 1 saturated carbocycles. The molecule has 1 unspecified atom stereocenters. The minimum atomic E-state index is 0.694. The molecule has 0 aliphatic heterocycles. The van der Waals surface area contributed by atoms with Gasteiger partial charge in [0.2, 0.25) is 0 Å². The van der Waals surface area contributed by atoms with Gasteiger partial charge < -0.3 is 0 Å². The molecule has 0 spiro atoms. The highest BCUT2D eigenvalue weighted by Crippen LogP contribution is 2.47. The average Bonchev–Trinajstić information content (AvgIpc) is 2.18. The summed E-state index contributed by atoms with van der Waals surface area (Å²) in [4.78, 5) is 0. The van der Waals surface area contributed by atoms with E-state index < -0.39 is 0 Å². The van der Waals surface area contributed by atoms with E-state index in [1.54, 1.807) is 0 Å². The third-order valence-electron chi connectivity index (χ3n) is 4.59. The lowest BCUT2D eigenvalue weighted by atomic mass is 9.59. The van der Waals surface area contributed by atoms with Crippen molar-refractivity contribution < 1.29 is 0 Å². The van der Waals surface area contributed by atoms with Gasteiger partial charge in [-0.3, -0.25) is 0 Å². The fraction of sp³-hybridized carbons (Fsp3) is 0.733. The molecule has 0 saturated heterocycles. The lowest BCUT2D eigenvalue weighted by Crippen LogP contribution is -2.38. The normalized spacial score (nSPS) is 49.8. The first-order valence-corrected chi connectivity index (χ1v) is 6.44. The van der Waals surface area contributed by atoms with Crippen LogP contribution in [0.15, 0.2) is 24.8 Å². The summed E-state index contributed by atoms with van der Waals surface area (Å²) in [6.07, 6.45) is 9.91. The molecule has 0 aromatic heterocycles. The maximum atomic E-state index is 4.05. The standard InChI is InChI=1S/C15H24/c1-5-14-11(3)6-7-13-9-10(2)8-12(4)15(13)14/h5-7,10-15H,1,8-9H2,2-4H3/t10-,11-,12+,13?,14-,15-/m0/s1. The first kappa shape index (κ1) is 11.0. The average molecular weight is 204 g/mol. The molecule has 2 aliphatic carbocycles. The summed E-state index contributed by atoms with van der Waals surface area (Å²) in [6.45, 7) is 11.2. The van der Waals surface area contributed by atoms with Crippen LogP contribution in [-0.2, 0) is 0 Å². The van der Waals surface area contributed by atoms with Gasteiger partial charge in [-0.15, -0.1) is 6.58 Å². The summed E-state index contributed by atoms with van der Waals surface area (Å²) in [5.41, 5.74) is 0. The molecule has 15 heavy (non-hydrogen) atoms. The van der Waals surface area contributed by atoms with E-state index in [-0.39, 0.29) is 0 Å². The van der Waals surface area contributed by atoms with Crippen LogP contribution in [0.2, 0.25) is 0 Å². The molecule has 0 heteroatoms. The number of rotatable bonds is 1. The van der Waals surface area contributed by atoms with Gasteiger partial charge in [0.15, 0.2) is 0 Å². The topological polar surface area (TPSA) is 0 Å². The Morgan fingerprint density at radius 1 is 1.13 bits per heavy atom. The Hall–Kier alpha value is -0.520.